The third kappa shape index (κ3) is 4.04. The Morgan fingerprint density at radius 2 is 2.38 bits per heavy atom. The molecule has 2 atom stereocenters. The van der Waals surface area contributed by atoms with Gasteiger partial charge in [0.1, 0.15) is 12.4 Å². The first-order chi connectivity index (χ1) is 10.2. The number of aromatic nitrogens is 1. The maximum Gasteiger partial charge on any atom is 0.216 e. The van der Waals surface area contributed by atoms with E-state index in [-0.39, 0.29) is 5.91 Å². The molecule has 0 radical (unpaired) electrons. The van der Waals surface area contributed by atoms with Crippen LogP contribution in [0.4, 0.5) is 0 Å². The monoisotopic (exact) mass is 287 g/mol. The van der Waals surface area contributed by atoms with Crippen LogP contribution >= 0.6 is 0 Å². The molecule has 1 saturated heterocycles. The van der Waals surface area contributed by atoms with Gasteiger partial charge in [-0.3, -0.25) is 9.78 Å². The van der Waals surface area contributed by atoms with Crippen LogP contribution in [-0.4, -0.2) is 36.6 Å². The molecular weight excluding hydrogens is 266 g/mol. The normalized spacial score (nSPS) is 23.0. The van der Waals surface area contributed by atoms with Gasteiger partial charge in [0.05, 0.1) is 6.20 Å². The standard InChI is InChI=1S/C16H21N3O2/c1-11(20)19-8-14-6-13(14)4-12-5-16(9-17-7-12)21-10-15-2-3-18-15/h5-7,9,14-15,18H,2-4,8,10H2,1H3,(H,19,20). The lowest BCUT2D eigenvalue weighted by Gasteiger charge is -2.27. The summed E-state index contributed by atoms with van der Waals surface area (Å²) >= 11 is 0. The number of hydrogen-bond acceptors (Lipinski definition) is 4. The quantitative estimate of drug-likeness (QED) is 0.736. The zero-order chi connectivity index (χ0) is 14.7. The van der Waals surface area contributed by atoms with Crippen molar-refractivity contribution < 1.29 is 9.53 Å². The van der Waals surface area contributed by atoms with Crippen LogP contribution in [0, 0.1) is 5.92 Å². The molecule has 2 unspecified atom stereocenters. The number of amides is 1. The van der Waals surface area contributed by atoms with Gasteiger partial charge in [0, 0.05) is 31.6 Å². The summed E-state index contributed by atoms with van der Waals surface area (Å²) in [5.74, 6) is 1.27. The summed E-state index contributed by atoms with van der Waals surface area (Å²) in [5.41, 5.74) is 2.52. The number of ether oxygens (including phenoxy) is 1. The molecule has 0 aromatic carbocycles. The zero-order valence-corrected chi connectivity index (χ0v) is 12.3. The van der Waals surface area contributed by atoms with E-state index in [1.165, 1.54) is 12.0 Å². The largest absolute Gasteiger partial charge is 0.490 e. The zero-order valence-electron chi connectivity index (χ0n) is 12.3. The highest BCUT2D eigenvalue weighted by molar-refractivity contribution is 5.73. The minimum absolute atomic E-state index is 0.0244. The molecule has 1 aliphatic carbocycles. The Morgan fingerprint density at radius 1 is 1.52 bits per heavy atom. The Kier molecular flexibility index (Phi) is 4.20. The summed E-state index contributed by atoms with van der Waals surface area (Å²) in [6.07, 6.45) is 7.91. The van der Waals surface area contributed by atoms with Crippen molar-refractivity contribution >= 4 is 5.91 Å². The topological polar surface area (TPSA) is 63.2 Å². The molecule has 2 heterocycles. The Hall–Kier alpha value is -1.88. The highest BCUT2D eigenvalue weighted by atomic mass is 16.5. The predicted molar refractivity (Wildman–Crippen MR) is 80.1 cm³/mol. The number of nitrogens with zero attached hydrogens (tertiary/aromatic N) is 1. The minimum Gasteiger partial charge on any atom is -0.490 e. The van der Waals surface area contributed by atoms with Crippen LogP contribution in [0.25, 0.3) is 0 Å². The van der Waals surface area contributed by atoms with E-state index in [0.29, 0.717) is 25.1 Å². The molecule has 1 aromatic heterocycles. The molecule has 1 aromatic rings. The van der Waals surface area contributed by atoms with Gasteiger partial charge in [0.25, 0.3) is 0 Å². The lowest BCUT2D eigenvalue weighted by atomic mass is 10.1. The van der Waals surface area contributed by atoms with Crippen molar-refractivity contribution in [2.45, 2.75) is 25.8 Å². The molecule has 5 nitrogen and oxygen atoms in total. The van der Waals surface area contributed by atoms with Crippen molar-refractivity contribution in [2.24, 2.45) is 5.92 Å². The maximum absolute atomic E-state index is 10.9. The molecule has 2 N–H and O–H groups in total. The first-order valence-corrected chi connectivity index (χ1v) is 7.46. The fourth-order valence-electron chi connectivity index (χ4n) is 2.41. The second-order valence-electron chi connectivity index (χ2n) is 5.74. The van der Waals surface area contributed by atoms with E-state index in [9.17, 15) is 4.79 Å². The third-order valence-corrected chi connectivity index (χ3v) is 3.91. The molecule has 5 heteroatoms. The van der Waals surface area contributed by atoms with Gasteiger partial charge in [-0.25, -0.2) is 0 Å². The molecule has 1 aliphatic heterocycles. The molecule has 1 fully saturated rings. The van der Waals surface area contributed by atoms with Crippen LogP contribution in [-0.2, 0) is 11.2 Å². The van der Waals surface area contributed by atoms with Crippen molar-refractivity contribution in [3.05, 3.63) is 35.7 Å². The number of nitrogens with one attached hydrogen (secondary N) is 2. The van der Waals surface area contributed by atoms with E-state index in [4.69, 9.17) is 4.74 Å². The first kappa shape index (κ1) is 14.1. The van der Waals surface area contributed by atoms with E-state index in [1.54, 1.807) is 13.1 Å². The fraction of sp³-hybridized carbons (Fsp3) is 0.500. The summed E-state index contributed by atoms with van der Waals surface area (Å²) in [5, 5.41) is 6.15. The number of carbonyl (C=O) groups excluding carboxylic acids is 1. The highest BCUT2D eigenvalue weighted by Gasteiger charge is 2.24. The molecule has 0 saturated carbocycles. The molecule has 0 bridgehead atoms. The molecule has 2 aliphatic rings. The van der Waals surface area contributed by atoms with E-state index in [2.05, 4.69) is 27.8 Å². The highest BCUT2D eigenvalue weighted by Crippen LogP contribution is 2.31. The van der Waals surface area contributed by atoms with Crippen LogP contribution in [0.3, 0.4) is 0 Å². The molecule has 21 heavy (non-hydrogen) atoms. The molecule has 112 valence electrons. The van der Waals surface area contributed by atoms with Crippen molar-refractivity contribution in [2.75, 3.05) is 19.7 Å². The summed E-state index contributed by atoms with van der Waals surface area (Å²) in [6.45, 7) is 4.06. The van der Waals surface area contributed by atoms with Gasteiger partial charge >= 0.3 is 0 Å². The SMILES string of the molecule is CC(=O)NCC1C=C1Cc1cncc(OCC2CCN2)c1. The summed E-state index contributed by atoms with van der Waals surface area (Å²) in [6, 6.07) is 2.54. The Morgan fingerprint density at radius 3 is 3.10 bits per heavy atom. The average molecular weight is 287 g/mol. The van der Waals surface area contributed by atoms with Crippen LogP contribution < -0.4 is 15.4 Å². The Bertz CT molecular complexity index is 552. The van der Waals surface area contributed by atoms with Crippen LogP contribution in [0.1, 0.15) is 18.9 Å². The molecular formula is C16H21N3O2. The van der Waals surface area contributed by atoms with Gasteiger partial charge in [0.15, 0.2) is 0 Å². The van der Waals surface area contributed by atoms with Crippen molar-refractivity contribution in [3.63, 3.8) is 0 Å². The van der Waals surface area contributed by atoms with Gasteiger partial charge in [-0.1, -0.05) is 11.6 Å². The van der Waals surface area contributed by atoms with Gasteiger partial charge in [0.2, 0.25) is 5.91 Å². The van der Waals surface area contributed by atoms with E-state index >= 15 is 0 Å². The summed E-state index contributed by atoms with van der Waals surface area (Å²) in [4.78, 5) is 15.1. The third-order valence-electron chi connectivity index (χ3n) is 3.91. The van der Waals surface area contributed by atoms with Crippen molar-refractivity contribution in [1.29, 1.82) is 0 Å². The van der Waals surface area contributed by atoms with E-state index < -0.39 is 0 Å². The second-order valence-corrected chi connectivity index (χ2v) is 5.74. The van der Waals surface area contributed by atoms with Crippen molar-refractivity contribution in [1.82, 2.24) is 15.6 Å². The Labute approximate surface area is 124 Å². The lowest BCUT2D eigenvalue weighted by Crippen LogP contribution is -2.46. The maximum atomic E-state index is 10.9. The van der Waals surface area contributed by atoms with Crippen LogP contribution in [0.15, 0.2) is 30.1 Å². The number of pyridine rings is 1. The van der Waals surface area contributed by atoms with E-state index in [1.807, 2.05) is 6.20 Å². The smallest absolute Gasteiger partial charge is 0.216 e. The molecule has 1 amide bonds. The van der Waals surface area contributed by atoms with Crippen LogP contribution in [0.5, 0.6) is 5.75 Å². The molecule has 0 spiro atoms. The van der Waals surface area contributed by atoms with Gasteiger partial charge in [-0.15, -0.1) is 0 Å². The first-order valence-electron chi connectivity index (χ1n) is 7.46. The molecule has 3 rings (SSSR count). The van der Waals surface area contributed by atoms with Gasteiger partial charge in [-0.2, -0.15) is 0 Å². The minimum atomic E-state index is 0.0244. The van der Waals surface area contributed by atoms with Gasteiger partial charge in [-0.05, 0) is 31.0 Å². The average Bonchev–Trinajstić information content (AvgIpc) is 3.13. The Balaban J connectivity index is 1.45. The summed E-state index contributed by atoms with van der Waals surface area (Å²) in [7, 11) is 0. The second kappa shape index (κ2) is 6.26. The van der Waals surface area contributed by atoms with Gasteiger partial charge < -0.3 is 15.4 Å². The number of rotatable bonds is 7. The number of carbonyl (C=O) groups is 1. The van der Waals surface area contributed by atoms with Crippen molar-refractivity contribution in [3.8, 4) is 5.75 Å². The van der Waals surface area contributed by atoms with Crippen LogP contribution in [0.2, 0.25) is 0 Å². The van der Waals surface area contributed by atoms with E-state index in [0.717, 1.165) is 24.3 Å². The fourth-order valence-corrected chi connectivity index (χ4v) is 2.41. The number of hydrogen-bond donors (Lipinski definition) is 2. The predicted octanol–water partition coefficient (Wildman–Crippen LogP) is 1.06. The summed E-state index contributed by atoms with van der Waals surface area (Å²) < 4.78 is 5.76. The lowest BCUT2D eigenvalue weighted by molar-refractivity contribution is -0.118.